The van der Waals surface area contributed by atoms with E-state index in [1.54, 1.807) is 6.07 Å². The molecule has 1 aliphatic rings. The maximum absolute atomic E-state index is 12.5. The van der Waals surface area contributed by atoms with E-state index in [0.717, 1.165) is 0 Å². The molecule has 1 heterocycles. The zero-order valence-corrected chi connectivity index (χ0v) is 10.7. The van der Waals surface area contributed by atoms with E-state index >= 15 is 0 Å². The van der Waals surface area contributed by atoms with Crippen LogP contribution in [0.15, 0.2) is 18.2 Å². The largest absolute Gasteiger partial charge is 0.480 e. The molecule has 0 saturated carbocycles. The number of carbonyl (C=O) groups excluding carboxylic acids is 1. The Morgan fingerprint density at radius 3 is 2.50 bits per heavy atom. The fourth-order valence-electron chi connectivity index (χ4n) is 2.15. The van der Waals surface area contributed by atoms with E-state index < -0.39 is 30.6 Å². The number of fused-ring (bicyclic) bond motifs is 1. The predicted molar refractivity (Wildman–Crippen MR) is 63.2 cm³/mol. The Bertz CT molecular complexity index is 574. The van der Waals surface area contributed by atoms with Gasteiger partial charge in [-0.25, -0.2) is 4.79 Å². The zero-order chi connectivity index (χ0) is 15.1. The average molecular weight is 308 g/mol. The lowest BCUT2D eigenvalue weighted by Crippen LogP contribution is -2.52. The van der Waals surface area contributed by atoms with E-state index in [4.69, 9.17) is 16.7 Å². The fourth-order valence-corrected chi connectivity index (χ4v) is 2.34. The van der Waals surface area contributed by atoms with Crippen LogP contribution in [0.1, 0.15) is 11.1 Å². The van der Waals surface area contributed by atoms with Gasteiger partial charge in [0, 0.05) is 18.0 Å². The Labute approximate surface area is 116 Å². The molecular formula is C12H9ClF3NO3. The number of carboxylic acid groups (broad SMARTS) is 1. The second-order valence-corrected chi connectivity index (χ2v) is 4.84. The minimum absolute atomic E-state index is 0.177. The molecule has 1 aliphatic heterocycles. The number of benzene rings is 1. The van der Waals surface area contributed by atoms with Crippen molar-refractivity contribution in [2.24, 2.45) is 0 Å². The summed E-state index contributed by atoms with van der Waals surface area (Å²) in [7, 11) is 0. The maximum atomic E-state index is 12.5. The van der Waals surface area contributed by atoms with Gasteiger partial charge in [-0.2, -0.15) is 13.2 Å². The number of halogens is 4. The van der Waals surface area contributed by atoms with Gasteiger partial charge >= 0.3 is 18.1 Å². The van der Waals surface area contributed by atoms with Crippen molar-refractivity contribution in [3.63, 3.8) is 0 Å². The molecular weight excluding hydrogens is 299 g/mol. The Morgan fingerprint density at radius 1 is 1.30 bits per heavy atom. The second-order valence-electron chi connectivity index (χ2n) is 4.40. The Hall–Kier alpha value is -1.76. The number of nitrogens with zero attached hydrogens (tertiary/aromatic N) is 1. The van der Waals surface area contributed by atoms with E-state index in [-0.39, 0.29) is 6.42 Å². The van der Waals surface area contributed by atoms with Crippen LogP contribution in [-0.4, -0.2) is 34.1 Å². The summed E-state index contributed by atoms with van der Waals surface area (Å²) < 4.78 is 37.5. The first kappa shape index (κ1) is 14.6. The summed E-state index contributed by atoms with van der Waals surface area (Å²) >= 11 is 5.75. The molecule has 2 rings (SSSR count). The maximum Gasteiger partial charge on any atom is 0.471 e. The van der Waals surface area contributed by atoms with E-state index in [1.807, 2.05) is 0 Å². The Kier molecular flexibility index (Phi) is 3.64. The lowest BCUT2D eigenvalue weighted by atomic mass is 9.94. The molecule has 1 aromatic rings. The third kappa shape index (κ3) is 2.72. The number of carboxylic acids is 1. The lowest BCUT2D eigenvalue weighted by Gasteiger charge is -2.34. The van der Waals surface area contributed by atoms with Crippen molar-refractivity contribution in [3.05, 3.63) is 34.3 Å². The summed E-state index contributed by atoms with van der Waals surface area (Å²) in [4.78, 5) is 22.7. The van der Waals surface area contributed by atoms with Gasteiger partial charge in [-0.15, -0.1) is 0 Å². The standard InChI is InChI=1S/C12H9ClF3NO3/c13-8-2-1-6-4-9(10(18)19)17(5-7(6)3-8)11(20)12(14,15)16/h1-3,9H,4-5H2,(H,18,19)/t9-/m0/s1. The SMILES string of the molecule is O=C(O)[C@@H]1Cc2ccc(Cl)cc2CN1C(=O)C(F)(F)F. The third-order valence-corrected chi connectivity index (χ3v) is 3.32. The van der Waals surface area contributed by atoms with Crippen molar-refractivity contribution in [2.45, 2.75) is 25.2 Å². The van der Waals surface area contributed by atoms with Crippen molar-refractivity contribution < 1.29 is 27.9 Å². The zero-order valence-electron chi connectivity index (χ0n) is 9.95. The Balaban J connectivity index is 2.40. The molecule has 0 bridgehead atoms. The van der Waals surface area contributed by atoms with Crippen LogP contribution in [-0.2, 0) is 22.6 Å². The van der Waals surface area contributed by atoms with Crippen LogP contribution >= 0.6 is 11.6 Å². The number of aliphatic carboxylic acids is 1. The van der Waals surface area contributed by atoms with E-state index in [1.165, 1.54) is 12.1 Å². The van der Waals surface area contributed by atoms with Gasteiger partial charge in [0.1, 0.15) is 6.04 Å². The summed E-state index contributed by atoms with van der Waals surface area (Å²) in [5.41, 5.74) is 1.00. The molecule has 0 aliphatic carbocycles. The highest BCUT2D eigenvalue weighted by Gasteiger charge is 2.47. The monoisotopic (exact) mass is 307 g/mol. The third-order valence-electron chi connectivity index (χ3n) is 3.09. The number of rotatable bonds is 1. The molecule has 1 amide bonds. The summed E-state index contributed by atoms with van der Waals surface area (Å²) in [6.45, 7) is -0.425. The van der Waals surface area contributed by atoms with Crippen molar-refractivity contribution in [3.8, 4) is 0 Å². The molecule has 0 fully saturated rings. The molecule has 4 nitrogen and oxygen atoms in total. The summed E-state index contributed by atoms with van der Waals surface area (Å²) in [5, 5.41) is 9.33. The molecule has 0 unspecified atom stereocenters. The second kappa shape index (κ2) is 4.97. The van der Waals surface area contributed by atoms with Gasteiger partial charge in [0.05, 0.1) is 0 Å². The van der Waals surface area contributed by atoms with Gasteiger partial charge in [0.15, 0.2) is 0 Å². The lowest BCUT2D eigenvalue weighted by molar-refractivity contribution is -0.191. The number of carbonyl (C=O) groups is 2. The van der Waals surface area contributed by atoms with E-state index in [9.17, 15) is 22.8 Å². The number of alkyl halides is 3. The fraction of sp³-hybridized carbons (Fsp3) is 0.333. The topological polar surface area (TPSA) is 57.6 Å². The molecule has 0 aromatic heterocycles. The number of hydrogen-bond acceptors (Lipinski definition) is 2. The summed E-state index contributed by atoms with van der Waals surface area (Å²) in [5.74, 6) is -3.63. The first-order chi connectivity index (χ1) is 9.20. The van der Waals surface area contributed by atoms with Gasteiger partial charge in [-0.3, -0.25) is 4.79 Å². The molecule has 0 radical (unpaired) electrons. The molecule has 1 atom stereocenters. The molecule has 108 valence electrons. The molecule has 20 heavy (non-hydrogen) atoms. The highest BCUT2D eigenvalue weighted by molar-refractivity contribution is 6.30. The van der Waals surface area contributed by atoms with Crippen LogP contribution < -0.4 is 0 Å². The highest BCUT2D eigenvalue weighted by atomic mass is 35.5. The van der Waals surface area contributed by atoms with Crippen molar-refractivity contribution in [1.29, 1.82) is 0 Å². The van der Waals surface area contributed by atoms with Gasteiger partial charge in [0.2, 0.25) is 0 Å². The van der Waals surface area contributed by atoms with Crippen LogP contribution in [0.2, 0.25) is 5.02 Å². The smallest absolute Gasteiger partial charge is 0.471 e. The molecule has 0 spiro atoms. The molecule has 1 N–H and O–H groups in total. The quantitative estimate of drug-likeness (QED) is 0.865. The van der Waals surface area contributed by atoms with Gasteiger partial charge in [-0.05, 0) is 23.3 Å². The first-order valence-corrected chi connectivity index (χ1v) is 5.96. The first-order valence-electron chi connectivity index (χ1n) is 5.58. The average Bonchev–Trinajstić information content (AvgIpc) is 2.34. The summed E-state index contributed by atoms with van der Waals surface area (Å²) in [6, 6.07) is 2.99. The van der Waals surface area contributed by atoms with Crippen LogP contribution in [0.3, 0.4) is 0 Å². The molecule has 1 aromatic carbocycles. The van der Waals surface area contributed by atoms with E-state index in [0.29, 0.717) is 21.0 Å². The molecule has 8 heteroatoms. The van der Waals surface area contributed by atoms with Crippen LogP contribution in [0.5, 0.6) is 0 Å². The minimum atomic E-state index is -5.11. The molecule has 0 saturated heterocycles. The number of hydrogen-bond donors (Lipinski definition) is 1. The van der Waals surface area contributed by atoms with Gasteiger partial charge in [-0.1, -0.05) is 17.7 Å². The van der Waals surface area contributed by atoms with Crippen molar-refractivity contribution in [1.82, 2.24) is 4.90 Å². The normalized spacial score (nSPS) is 18.6. The predicted octanol–water partition coefficient (Wildman–Crippen LogP) is 2.24. The van der Waals surface area contributed by atoms with Crippen LogP contribution in [0, 0.1) is 0 Å². The minimum Gasteiger partial charge on any atom is -0.480 e. The van der Waals surface area contributed by atoms with Crippen LogP contribution in [0.4, 0.5) is 13.2 Å². The van der Waals surface area contributed by atoms with Crippen LogP contribution in [0.25, 0.3) is 0 Å². The Morgan fingerprint density at radius 2 is 1.95 bits per heavy atom. The number of amides is 1. The van der Waals surface area contributed by atoms with Crippen molar-refractivity contribution in [2.75, 3.05) is 0 Å². The van der Waals surface area contributed by atoms with Gasteiger partial charge < -0.3 is 10.0 Å². The van der Waals surface area contributed by atoms with E-state index in [2.05, 4.69) is 0 Å². The van der Waals surface area contributed by atoms with Gasteiger partial charge in [0.25, 0.3) is 0 Å². The van der Waals surface area contributed by atoms with Crippen molar-refractivity contribution >= 4 is 23.5 Å². The highest BCUT2D eigenvalue weighted by Crippen LogP contribution is 2.29. The summed E-state index contributed by atoms with van der Waals surface area (Å²) in [6.07, 6.45) is -5.28.